The van der Waals surface area contributed by atoms with E-state index in [4.69, 9.17) is 0 Å². The van der Waals surface area contributed by atoms with E-state index in [0.717, 1.165) is 32.0 Å². The molecule has 0 fully saturated rings. The normalized spacial score (nSPS) is 10.9. The van der Waals surface area contributed by atoms with E-state index in [0.29, 0.717) is 0 Å². The number of nitrogens with zero attached hydrogens (tertiary/aromatic N) is 2. The molecule has 1 heterocycles. The summed E-state index contributed by atoms with van der Waals surface area (Å²) in [5.74, 6) is 0. The number of hydrogen-bond acceptors (Lipinski definition) is 4. The van der Waals surface area contributed by atoms with Crippen LogP contribution in [0.2, 0.25) is 0 Å². The summed E-state index contributed by atoms with van der Waals surface area (Å²) in [6.45, 7) is 2.06. The molecule has 0 unspecified atom stereocenters. The van der Waals surface area contributed by atoms with Crippen LogP contribution in [0, 0.1) is 6.92 Å². The lowest BCUT2D eigenvalue weighted by molar-refractivity contribution is 0.279. The molecule has 0 radical (unpaired) electrons. The van der Waals surface area contributed by atoms with E-state index >= 15 is 0 Å². The van der Waals surface area contributed by atoms with Gasteiger partial charge in [0, 0.05) is 10.3 Å². The molecule has 0 aliphatic carbocycles. The smallest absolute Gasteiger partial charge is 0.117 e. The summed E-state index contributed by atoms with van der Waals surface area (Å²) in [5.41, 5.74) is 3.01. The van der Waals surface area contributed by atoms with Gasteiger partial charge in [0.15, 0.2) is 0 Å². The Morgan fingerprint density at radius 2 is 1.95 bits per heavy atom. The fraction of sp³-hybridized carbons (Fsp3) is 0.125. The van der Waals surface area contributed by atoms with Crippen molar-refractivity contribution in [2.45, 2.75) is 23.5 Å². The Morgan fingerprint density at radius 1 is 1.10 bits per heavy atom. The third-order valence-electron chi connectivity index (χ3n) is 3.10. The second-order valence-electron chi connectivity index (χ2n) is 4.57. The molecule has 0 aliphatic heterocycles. The molecule has 100 valence electrons. The van der Waals surface area contributed by atoms with Crippen molar-refractivity contribution in [3.8, 4) is 0 Å². The molecular weight excluding hydrogens is 268 g/mol. The molecule has 3 nitrogen and oxygen atoms in total. The van der Waals surface area contributed by atoms with Crippen molar-refractivity contribution in [2.24, 2.45) is 0 Å². The van der Waals surface area contributed by atoms with E-state index in [-0.39, 0.29) is 6.61 Å². The zero-order valence-electron chi connectivity index (χ0n) is 11.1. The number of para-hydroxylation sites is 1. The van der Waals surface area contributed by atoms with Gasteiger partial charge in [-0.2, -0.15) is 0 Å². The second kappa shape index (κ2) is 5.61. The maximum absolute atomic E-state index is 9.49. The van der Waals surface area contributed by atoms with Gasteiger partial charge in [-0.25, -0.2) is 9.97 Å². The molecular formula is C16H14N2OS. The Kier molecular flexibility index (Phi) is 3.67. The van der Waals surface area contributed by atoms with Gasteiger partial charge < -0.3 is 5.11 Å². The third kappa shape index (κ3) is 2.53. The molecule has 1 N–H and O–H groups in total. The molecule has 0 atom stereocenters. The quantitative estimate of drug-likeness (QED) is 0.746. The van der Waals surface area contributed by atoms with Gasteiger partial charge in [-0.05, 0) is 24.6 Å². The Labute approximate surface area is 121 Å². The van der Waals surface area contributed by atoms with Gasteiger partial charge in [0.2, 0.25) is 0 Å². The van der Waals surface area contributed by atoms with E-state index < -0.39 is 0 Å². The average Bonchev–Trinajstić information content (AvgIpc) is 2.49. The maximum Gasteiger partial charge on any atom is 0.117 e. The van der Waals surface area contributed by atoms with E-state index in [1.54, 1.807) is 18.1 Å². The van der Waals surface area contributed by atoms with Crippen LogP contribution in [0.4, 0.5) is 0 Å². The molecule has 2 aromatic carbocycles. The maximum atomic E-state index is 9.49. The monoisotopic (exact) mass is 282 g/mol. The average molecular weight is 282 g/mol. The number of aromatic nitrogens is 2. The van der Waals surface area contributed by atoms with Crippen molar-refractivity contribution in [1.29, 1.82) is 0 Å². The summed E-state index contributed by atoms with van der Waals surface area (Å²) < 4.78 is 0. The van der Waals surface area contributed by atoms with Crippen LogP contribution in [0.3, 0.4) is 0 Å². The molecule has 4 heteroatoms. The Bertz CT molecular complexity index is 753. The molecule has 0 saturated carbocycles. The molecule has 0 saturated heterocycles. The second-order valence-corrected chi connectivity index (χ2v) is 5.60. The number of hydrogen-bond donors (Lipinski definition) is 1. The topological polar surface area (TPSA) is 46.0 Å². The van der Waals surface area contributed by atoms with Crippen LogP contribution in [-0.4, -0.2) is 15.1 Å². The van der Waals surface area contributed by atoms with Crippen LogP contribution in [-0.2, 0) is 6.61 Å². The van der Waals surface area contributed by atoms with Crippen LogP contribution >= 0.6 is 11.8 Å². The number of benzene rings is 2. The van der Waals surface area contributed by atoms with E-state index in [2.05, 4.69) is 9.97 Å². The molecule has 0 amide bonds. The van der Waals surface area contributed by atoms with Gasteiger partial charge in [-0.3, -0.25) is 0 Å². The molecule has 1 aromatic heterocycles. The lowest BCUT2D eigenvalue weighted by atomic mass is 10.1. The van der Waals surface area contributed by atoms with Crippen LogP contribution < -0.4 is 0 Å². The Hall–Kier alpha value is -1.91. The summed E-state index contributed by atoms with van der Waals surface area (Å²) in [6.07, 6.45) is 1.58. The predicted octanol–water partition coefficient (Wildman–Crippen LogP) is 3.58. The van der Waals surface area contributed by atoms with Gasteiger partial charge in [0.1, 0.15) is 11.4 Å². The first kappa shape index (κ1) is 13.1. The van der Waals surface area contributed by atoms with Gasteiger partial charge in [0.05, 0.1) is 12.1 Å². The fourth-order valence-corrected chi connectivity index (χ4v) is 3.08. The van der Waals surface area contributed by atoms with Gasteiger partial charge in [0.25, 0.3) is 0 Å². The highest BCUT2D eigenvalue weighted by Gasteiger charge is 2.08. The highest BCUT2D eigenvalue weighted by atomic mass is 32.2. The standard InChI is InChI=1S/C16H14N2OS/c1-11-6-7-15(12(8-11)9-19)20-16-13-4-2-3-5-14(13)17-10-18-16/h2-8,10,19H,9H2,1H3. The van der Waals surface area contributed by atoms with Crippen molar-refractivity contribution in [1.82, 2.24) is 9.97 Å². The lowest BCUT2D eigenvalue weighted by Gasteiger charge is -2.09. The van der Waals surface area contributed by atoms with Gasteiger partial charge >= 0.3 is 0 Å². The van der Waals surface area contributed by atoms with Crippen LogP contribution in [0.15, 0.2) is 58.7 Å². The van der Waals surface area contributed by atoms with E-state index in [1.807, 2.05) is 49.4 Å². The van der Waals surface area contributed by atoms with E-state index in [1.165, 1.54) is 0 Å². The summed E-state index contributed by atoms with van der Waals surface area (Å²) in [7, 11) is 0. The van der Waals surface area contributed by atoms with Crippen molar-refractivity contribution < 1.29 is 5.11 Å². The largest absolute Gasteiger partial charge is 0.392 e. The van der Waals surface area contributed by atoms with Crippen LogP contribution in [0.1, 0.15) is 11.1 Å². The zero-order valence-corrected chi connectivity index (χ0v) is 11.9. The minimum atomic E-state index is 0.0348. The lowest BCUT2D eigenvalue weighted by Crippen LogP contribution is -1.91. The SMILES string of the molecule is Cc1ccc(Sc2ncnc3ccccc23)c(CO)c1. The minimum absolute atomic E-state index is 0.0348. The Morgan fingerprint density at radius 3 is 2.80 bits per heavy atom. The molecule has 20 heavy (non-hydrogen) atoms. The summed E-state index contributed by atoms with van der Waals surface area (Å²) in [6, 6.07) is 14.0. The number of aliphatic hydroxyl groups excluding tert-OH is 1. The fourth-order valence-electron chi connectivity index (χ4n) is 2.10. The first-order valence-corrected chi connectivity index (χ1v) is 7.17. The molecule has 3 aromatic rings. The zero-order chi connectivity index (χ0) is 13.9. The van der Waals surface area contributed by atoms with Crippen molar-refractivity contribution in [2.75, 3.05) is 0 Å². The first-order chi connectivity index (χ1) is 9.78. The minimum Gasteiger partial charge on any atom is -0.392 e. The summed E-state index contributed by atoms with van der Waals surface area (Å²) in [5, 5.41) is 11.4. The highest BCUT2D eigenvalue weighted by Crippen LogP contribution is 2.33. The summed E-state index contributed by atoms with van der Waals surface area (Å²) >= 11 is 1.57. The van der Waals surface area contributed by atoms with Crippen LogP contribution in [0.5, 0.6) is 0 Å². The predicted molar refractivity (Wildman–Crippen MR) is 80.8 cm³/mol. The Balaban J connectivity index is 2.05. The van der Waals surface area contributed by atoms with Gasteiger partial charge in [-0.1, -0.05) is 47.7 Å². The summed E-state index contributed by atoms with van der Waals surface area (Å²) in [4.78, 5) is 9.67. The number of fused-ring (bicyclic) bond motifs is 1. The van der Waals surface area contributed by atoms with Crippen molar-refractivity contribution in [3.05, 3.63) is 59.9 Å². The highest BCUT2D eigenvalue weighted by molar-refractivity contribution is 7.99. The third-order valence-corrected chi connectivity index (χ3v) is 4.24. The van der Waals surface area contributed by atoms with E-state index in [9.17, 15) is 5.11 Å². The molecule has 0 aliphatic rings. The molecule has 0 bridgehead atoms. The number of aliphatic hydroxyl groups is 1. The number of rotatable bonds is 3. The van der Waals surface area contributed by atoms with Crippen LogP contribution in [0.25, 0.3) is 10.9 Å². The van der Waals surface area contributed by atoms with Gasteiger partial charge in [-0.15, -0.1) is 0 Å². The first-order valence-electron chi connectivity index (χ1n) is 6.36. The van der Waals surface area contributed by atoms with Crippen molar-refractivity contribution >= 4 is 22.7 Å². The molecule has 0 spiro atoms. The molecule has 3 rings (SSSR count). The number of aryl methyl sites for hydroxylation is 1. The van der Waals surface area contributed by atoms with Crippen molar-refractivity contribution in [3.63, 3.8) is 0 Å².